The molecule has 0 spiro atoms. The molecule has 3 nitrogen and oxygen atoms in total. The number of nitrogens with zero attached hydrogens (tertiary/aromatic N) is 1. The van der Waals surface area contributed by atoms with E-state index in [1.165, 1.54) is 29.7 Å². The molecule has 0 saturated heterocycles. The molecule has 6 heteroatoms. The number of rotatable bonds is 4. The third kappa shape index (κ3) is 3.95. The number of hydrazone groups is 1. The van der Waals surface area contributed by atoms with Crippen LogP contribution in [-0.4, -0.2) is 12.1 Å². The Hall–Kier alpha value is -2.50. The van der Waals surface area contributed by atoms with E-state index in [2.05, 4.69) is 10.5 Å². The van der Waals surface area contributed by atoms with Crippen molar-refractivity contribution in [2.24, 2.45) is 5.10 Å². The summed E-state index contributed by atoms with van der Waals surface area (Å²) in [6.45, 7) is 2.01. The molecule has 3 rings (SSSR count). The van der Waals surface area contributed by atoms with Gasteiger partial charge in [0.05, 0.1) is 11.2 Å². The summed E-state index contributed by atoms with van der Waals surface area (Å²) in [4.78, 5) is 12.9. The van der Waals surface area contributed by atoms with Gasteiger partial charge in [-0.2, -0.15) is 5.10 Å². The van der Waals surface area contributed by atoms with Gasteiger partial charge in [-0.3, -0.25) is 4.79 Å². The van der Waals surface area contributed by atoms with E-state index < -0.39 is 5.82 Å². The second-order valence-corrected chi connectivity index (χ2v) is 6.69. The lowest BCUT2D eigenvalue weighted by Crippen LogP contribution is -2.17. The van der Waals surface area contributed by atoms with Gasteiger partial charge in [-0.05, 0) is 36.1 Å². The lowest BCUT2D eigenvalue weighted by atomic mass is 10.1. The Balaban J connectivity index is 1.78. The van der Waals surface area contributed by atoms with Gasteiger partial charge in [-0.15, -0.1) is 11.3 Å². The summed E-state index contributed by atoms with van der Waals surface area (Å²) in [7, 11) is 0. The molecule has 25 heavy (non-hydrogen) atoms. The van der Waals surface area contributed by atoms with E-state index in [1.54, 1.807) is 6.07 Å². The van der Waals surface area contributed by atoms with Gasteiger partial charge < -0.3 is 0 Å². The Morgan fingerprint density at radius 1 is 1.20 bits per heavy atom. The lowest BCUT2D eigenvalue weighted by Gasteiger charge is -2.04. The minimum atomic E-state index is -0.498. The lowest BCUT2D eigenvalue weighted by molar-refractivity contribution is 0.0959. The standard InChI is InChI=1S/C19H14ClFN2OS/c1-12-5-7-13(8-6-12)14-9-10-25-18(14)19(24)23-22-11-15-16(20)3-2-4-17(15)21/h2-11H,1H3,(H,23,24)/b22-11-. The van der Waals surface area contributed by atoms with Crippen molar-refractivity contribution in [3.63, 3.8) is 0 Å². The maximum absolute atomic E-state index is 13.7. The molecule has 0 aliphatic heterocycles. The van der Waals surface area contributed by atoms with Crippen LogP contribution >= 0.6 is 22.9 Å². The maximum Gasteiger partial charge on any atom is 0.282 e. The number of halogens is 2. The van der Waals surface area contributed by atoms with Crippen molar-refractivity contribution in [2.45, 2.75) is 6.92 Å². The van der Waals surface area contributed by atoms with Crippen LogP contribution in [-0.2, 0) is 0 Å². The summed E-state index contributed by atoms with van der Waals surface area (Å²) in [6, 6.07) is 14.2. The van der Waals surface area contributed by atoms with Gasteiger partial charge in [-0.25, -0.2) is 9.82 Å². The van der Waals surface area contributed by atoms with Crippen LogP contribution in [0, 0.1) is 12.7 Å². The molecular weight excluding hydrogens is 359 g/mol. The molecule has 0 saturated carbocycles. The molecule has 0 aliphatic rings. The number of carbonyl (C=O) groups excluding carboxylic acids is 1. The number of thiophene rings is 1. The fourth-order valence-electron chi connectivity index (χ4n) is 2.29. The summed E-state index contributed by atoms with van der Waals surface area (Å²) in [5.41, 5.74) is 5.50. The Morgan fingerprint density at radius 2 is 1.96 bits per heavy atom. The average Bonchev–Trinajstić information content (AvgIpc) is 3.08. The molecule has 1 N–H and O–H groups in total. The fourth-order valence-corrected chi connectivity index (χ4v) is 3.30. The molecule has 0 unspecified atom stereocenters. The highest BCUT2D eigenvalue weighted by Gasteiger charge is 2.14. The van der Waals surface area contributed by atoms with E-state index in [0.717, 1.165) is 16.7 Å². The molecular formula is C19H14ClFN2OS. The Kier molecular flexibility index (Phi) is 5.26. The summed E-state index contributed by atoms with van der Waals surface area (Å²) in [6.07, 6.45) is 1.20. The first kappa shape index (κ1) is 17.3. The van der Waals surface area contributed by atoms with Crippen LogP contribution in [0.4, 0.5) is 4.39 Å². The molecule has 1 aromatic heterocycles. The quantitative estimate of drug-likeness (QED) is 0.491. The monoisotopic (exact) mass is 372 g/mol. The number of carbonyl (C=O) groups is 1. The zero-order valence-electron chi connectivity index (χ0n) is 13.3. The molecule has 0 fully saturated rings. The van der Waals surface area contributed by atoms with E-state index in [9.17, 15) is 9.18 Å². The number of benzene rings is 2. The van der Waals surface area contributed by atoms with Gasteiger partial charge in [-0.1, -0.05) is 47.5 Å². The van der Waals surface area contributed by atoms with Crippen molar-refractivity contribution in [2.75, 3.05) is 0 Å². The molecule has 0 bridgehead atoms. The number of hydrogen-bond donors (Lipinski definition) is 1. The second kappa shape index (κ2) is 7.59. The van der Waals surface area contributed by atoms with E-state index in [0.29, 0.717) is 4.88 Å². The van der Waals surface area contributed by atoms with Crippen LogP contribution in [0.2, 0.25) is 5.02 Å². The van der Waals surface area contributed by atoms with Gasteiger partial charge >= 0.3 is 0 Å². The Labute approximate surface area is 153 Å². The molecule has 1 amide bonds. The highest BCUT2D eigenvalue weighted by molar-refractivity contribution is 7.12. The third-order valence-corrected chi connectivity index (χ3v) is 4.84. The van der Waals surface area contributed by atoms with Crippen LogP contribution in [0.25, 0.3) is 11.1 Å². The second-order valence-electron chi connectivity index (χ2n) is 5.36. The molecule has 126 valence electrons. The Bertz CT molecular complexity index is 915. The summed E-state index contributed by atoms with van der Waals surface area (Å²) in [5, 5.41) is 5.91. The maximum atomic E-state index is 13.7. The largest absolute Gasteiger partial charge is 0.282 e. The van der Waals surface area contributed by atoms with Crippen LogP contribution in [0.1, 0.15) is 20.8 Å². The summed E-state index contributed by atoms with van der Waals surface area (Å²) in [5.74, 6) is -0.851. The number of amides is 1. The topological polar surface area (TPSA) is 41.5 Å². The van der Waals surface area contributed by atoms with E-state index in [-0.39, 0.29) is 16.5 Å². The minimum absolute atomic E-state index is 0.134. The number of nitrogens with one attached hydrogen (secondary N) is 1. The van der Waals surface area contributed by atoms with Gasteiger partial charge in [0.25, 0.3) is 5.91 Å². The van der Waals surface area contributed by atoms with Crippen LogP contribution in [0.5, 0.6) is 0 Å². The van der Waals surface area contributed by atoms with Gasteiger partial charge in [0.1, 0.15) is 10.7 Å². The predicted molar refractivity (Wildman–Crippen MR) is 101 cm³/mol. The first-order chi connectivity index (χ1) is 12.1. The first-order valence-corrected chi connectivity index (χ1v) is 8.74. The third-order valence-electron chi connectivity index (χ3n) is 3.59. The molecule has 0 atom stereocenters. The zero-order valence-corrected chi connectivity index (χ0v) is 14.9. The first-order valence-electron chi connectivity index (χ1n) is 7.48. The van der Waals surface area contributed by atoms with Crippen molar-refractivity contribution in [1.82, 2.24) is 5.43 Å². The number of aryl methyl sites for hydroxylation is 1. The molecule has 3 aromatic rings. The van der Waals surface area contributed by atoms with E-state index in [1.807, 2.05) is 42.6 Å². The highest BCUT2D eigenvalue weighted by Crippen LogP contribution is 2.28. The average molecular weight is 373 g/mol. The molecule has 0 radical (unpaired) electrons. The fraction of sp³-hybridized carbons (Fsp3) is 0.0526. The van der Waals surface area contributed by atoms with Crippen molar-refractivity contribution in [1.29, 1.82) is 0 Å². The zero-order chi connectivity index (χ0) is 17.8. The van der Waals surface area contributed by atoms with E-state index in [4.69, 9.17) is 11.6 Å². The molecule has 0 aliphatic carbocycles. The van der Waals surface area contributed by atoms with Crippen LogP contribution < -0.4 is 5.43 Å². The van der Waals surface area contributed by atoms with Crippen molar-refractivity contribution in [3.8, 4) is 11.1 Å². The highest BCUT2D eigenvalue weighted by atomic mass is 35.5. The van der Waals surface area contributed by atoms with Crippen molar-refractivity contribution < 1.29 is 9.18 Å². The van der Waals surface area contributed by atoms with Crippen molar-refractivity contribution >= 4 is 35.1 Å². The normalized spacial score (nSPS) is 11.0. The van der Waals surface area contributed by atoms with Gasteiger partial charge in [0, 0.05) is 11.1 Å². The SMILES string of the molecule is Cc1ccc(-c2ccsc2C(=O)N/N=C\c2c(F)cccc2Cl)cc1. The van der Waals surface area contributed by atoms with Gasteiger partial charge in [0.15, 0.2) is 0 Å². The van der Waals surface area contributed by atoms with E-state index >= 15 is 0 Å². The summed E-state index contributed by atoms with van der Waals surface area (Å²) >= 11 is 7.24. The predicted octanol–water partition coefficient (Wildman–Crippen LogP) is 5.28. The smallest absolute Gasteiger partial charge is 0.266 e. The summed E-state index contributed by atoms with van der Waals surface area (Å²) < 4.78 is 13.7. The van der Waals surface area contributed by atoms with Gasteiger partial charge in [0.2, 0.25) is 0 Å². The number of hydrogen-bond acceptors (Lipinski definition) is 3. The van der Waals surface area contributed by atoms with Crippen LogP contribution in [0.3, 0.4) is 0 Å². The Morgan fingerprint density at radius 3 is 2.68 bits per heavy atom. The molecule has 2 aromatic carbocycles. The molecule has 1 heterocycles. The van der Waals surface area contributed by atoms with Crippen LogP contribution in [0.15, 0.2) is 59.0 Å². The minimum Gasteiger partial charge on any atom is -0.266 e. The van der Waals surface area contributed by atoms with Crippen molar-refractivity contribution in [3.05, 3.63) is 80.8 Å².